The molecule has 3 aromatic carbocycles. The van der Waals surface area contributed by atoms with Gasteiger partial charge in [0.25, 0.3) is 11.1 Å². The molecule has 1 aliphatic rings. The molecule has 1 aliphatic heterocycles. The van der Waals surface area contributed by atoms with E-state index < -0.39 is 11.1 Å². The molecule has 8 heteroatoms. The van der Waals surface area contributed by atoms with Crippen LogP contribution in [-0.4, -0.2) is 39.5 Å². The highest BCUT2D eigenvalue weighted by molar-refractivity contribution is 8.18. The van der Waals surface area contributed by atoms with E-state index in [-0.39, 0.29) is 12.3 Å². The molecule has 0 unspecified atom stereocenters. The molecule has 0 saturated carbocycles. The summed E-state index contributed by atoms with van der Waals surface area (Å²) in [5.74, 6) is -0.0107. The van der Waals surface area contributed by atoms with E-state index in [4.69, 9.17) is 16.3 Å². The number of thioether (sulfide) groups is 1. The number of para-hydroxylation sites is 1. The second-order valence-electron chi connectivity index (χ2n) is 8.15. The van der Waals surface area contributed by atoms with Crippen molar-refractivity contribution >= 4 is 57.3 Å². The Bertz CT molecular complexity index is 1480. The van der Waals surface area contributed by atoms with Crippen LogP contribution in [-0.2, 0) is 11.3 Å². The zero-order valence-electron chi connectivity index (χ0n) is 19.1. The molecule has 1 saturated heterocycles. The fraction of sp³-hybridized carbons (Fsp3) is 0.107. The van der Waals surface area contributed by atoms with E-state index in [9.17, 15) is 14.4 Å². The lowest BCUT2D eigenvalue weighted by atomic mass is 10.1. The first-order chi connectivity index (χ1) is 17.5. The van der Waals surface area contributed by atoms with Crippen LogP contribution >= 0.6 is 23.4 Å². The van der Waals surface area contributed by atoms with Crippen LogP contribution in [0.5, 0.6) is 5.75 Å². The topological polar surface area (TPSA) is 68.6 Å². The molecule has 0 aliphatic carbocycles. The number of halogens is 1. The maximum Gasteiger partial charge on any atom is 0.293 e. The fourth-order valence-electron chi connectivity index (χ4n) is 4.00. The van der Waals surface area contributed by atoms with Crippen LogP contribution < -0.4 is 4.74 Å². The molecule has 2 heterocycles. The highest BCUT2D eigenvalue weighted by Crippen LogP contribution is 2.34. The largest absolute Gasteiger partial charge is 0.492 e. The summed E-state index contributed by atoms with van der Waals surface area (Å²) in [7, 11) is 0. The highest BCUT2D eigenvalue weighted by atomic mass is 35.5. The van der Waals surface area contributed by atoms with Crippen LogP contribution in [0.3, 0.4) is 0 Å². The summed E-state index contributed by atoms with van der Waals surface area (Å²) in [6.07, 6.45) is 3.66. The molecular formula is C28H21ClN2O4S. The van der Waals surface area contributed by atoms with Crippen molar-refractivity contribution in [3.05, 3.63) is 106 Å². The third-order valence-electron chi connectivity index (χ3n) is 5.79. The van der Waals surface area contributed by atoms with Crippen molar-refractivity contribution in [2.24, 2.45) is 0 Å². The highest BCUT2D eigenvalue weighted by Gasteiger charge is 2.36. The van der Waals surface area contributed by atoms with Crippen LogP contribution in [0, 0.1) is 0 Å². The minimum absolute atomic E-state index is 0.281. The van der Waals surface area contributed by atoms with Crippen molar-refractivity contribution in [2.45, 2.75) is 6.54 Å². The first-order valence-corrected chi connectivity index (χ1v) is 12.5. The van der Waals surface area contributed by atoms with Gasteiger partial charge in [-0.1, -0.05) is 60.1 Å². The molecule has 0 bridgehead atoms. The average molecular weight is 517 g/mol. The van der Waals surface area contributed by atoms with Crippen LogP contribution in [0.15, 0.2) is 90.0 Å². The minimum atomic E-state index is -0.461. The van der Waals surface area contributed by atoms with Crippen LogP contribution in [0.25, 0.3) is 17.0 Å². The van der Waals surface area contributed by atoms with Gasteiger partial charge in [0, 0.05) is 33.2 Å². The average Bonchev–Trinajstić information content (AvgIpc) is 3.37. The van der Waals surface area contributed by atoms with Gasteiger partial charge in [-0.15, -0.1) is 0 Å². The van der Waals surface area contributed by atoms with Crippen molar-refractivity contribution in [2.75, 3.05) is 13.2 Å². The number of imide groups is 1. The standard InChI is InChI=1S/C28H21ClN2O4S/c29-21-10-12-22(13-11-21)35-15-14-30-17-20(23-8-4-5-9-24(23)30)16-26-27(33)31(28(34)36-26)18-25(32)19-6-2-1-3-7-19/h1-13,16-17H,14-15,18H2/b26-16-. The Morgan fingerprint density at radius 3 is 2.44 bits per heavy atom. The van der Waals surface area contributed by atoms with Gasteiger partial charge in [-0.3, -0.25) is 19.3 Å². The Kier molecular flexibility index (Phi) is 6.93. The van der Waals surface area contributed by atoms with E-state index in [0.29, 0.717) is 28.6 Å². The molecule has 1 fully saturated rings. The van der Waals surface area contributed by atoms with Gasteiger partial charge in [0.15, 0.2) is 5.78 Å². The zero-order chi connectivity index (χ0) is 25.1. The van der Waals surface area contributed by atoms with E-state index in [1.807, 2.05) is 42.6 Å². The number of amides is 2. The van der Waals surface area contributed by atoms with Crippen LogP contribution in [0.2, 0.25) is 5.02 Å². The number of nitrogens with zero attached hydrogens (tertiary/aromatic N) is 2. The Labute approximate surface area is 217 Å². The Morgan fingerprint density at radius 2 is 1.67 bits per heavy atom. The van der Waals surface area contributed by atoms with Gasteiger partial charge in [0.05, 0.1) is 18.0 Å². The smallest absolute Gasteiger partial charge is 0.293 e. The van der Waals surface area contributed by atoms with Crippen molar-refractivity contribution < 1.29 is 19.1 Å². The fourth-order valence-corrected chi connectivity index (χ4v) is 4.96. The lowest BCUT2D eigenvalue weighted by Crippen LogP contribution is -2.33. The SMILES string of the molecule is O=C(CN1C(=O)S/C(=C\c2cn(CCOc3ccc(Cl)cc3)c3ccccc23)C1=O)c1ccccc1. The number of carbonyl (C=O) groups excluding carboxylic acids is 3. The Hall–Kier alpha value is -3.81. The first-order valence-electron chi connectivity index (χ1n) is 11.3. The van der Waals surface area contributed by atoms with Crippen LogP contribution in [0.4, 0.5) is 4.79 Å². The molecule has 180 valence electrons. The Balaban J connectivity index is 1.34. The molecule has 5 rings (SSSR count). The van der Waals surface area contributed by atoms with Gasteiger partial charge < -0.3 is 9.30 Å². The number of hydrogen-bond acceptors (Lipinski definition) is 5. The number of rotatable bonds is 8. The van der Waals surface area contributed by atoms with Gasteiger partial charge in [-0.25, -0.2) is 0 Å². The third kappa shape index (κ3) is 5.08. The molecule has 0 spiro atoms. The number of carbonyl (C=O) groups is 3. The molecule has 0 radical (unpaired) electrons. The van der Waals surface area contributed by atoms with Crippen molar-refractivity contribution in [1.82, 2.24) is 9.47 Å². The van der Waals surface area contributed by atoms with E-state index in [2.05, 4.69) is 4.57 Å². The molecule has 0 atom stereocenters. The van der Waals surface area contributed by atoms with Crippen LogP contribution in [0.1, 0.15) is 15.9 Å². The lowest BCUT2D eigenvalue weighted by Gasteiger charge is -2.11. The van der Waals surface area contributed by atoms with E-state index in [1.54, 1.807) is 48.5 Å². The van der Waals surface area contributed by atoms with Crippen molar-refractivity contribution in [1.29, 1.82) is 0 Å². The summed E-state index contributed by atoms with van der Waals surface area (Å²) in [6, 6.07) is 23.7. The maximum atomic E-state index is 13.0. The molecule has 1 aromatic heterocycles. The van der Waals surface area contributed by atoms with Gasteiger partial charge in [0.1, 0.15) is 12.4 Å². The van der Waals surface area contributed by atoms with E-state index in [1.165, 1.54) is 0 Å². The maximum absolute atomic E-state index is 13.0. The number of aromatic nitrogens is 1. The first kappa shape index (κ1) is 23.9. The summed E-state index contributed by atoms with van der Waals surface area (Å²) in [4.78, 5) is 39.4. The molecule has 4 aromatic rings. The second kappa shape index (κ2) is 10.4. The second-order valence-corrected chi connectivity index (χ2v) is 9.58. The predicted octanol–water partition coefficient (Wildman–Crippen LogP) is 6.29. The van der Waals surface area contributed by atoms with Gasteiger partial charge in [-0.2, -0.15) is 0 Å². The third-order valence-corrected chi connectivity index (χ3v) is 6.95. The van der Waals surface area contributed by atoms with Gasteiger partial charge in [-0.05, 0) is 48.2 Å². The zero-order valence-corrected chi connectivity index (χ0v) is 20.7. The Morgan fingerprint density at radius 1 is 0.944 bits per heavy atom. The van der Waals surface area contributed by atoms with E-state index in [0.717, 1.165) is 38.9 Å². The van der Waals surface area contributed by atoms with Crippen molar-refractivity contribution in [3.63, 3.8) is 0 Å². The quantitative estimate of drug-likeness (QED) is 0.203. The summed E-state index contributed by atoms with van der Waals surface area (Å²) in [5, 5.41) is 1.16. The number of ketones is 1. The number of Topliss-reactive ketones (excluding diaryl/α,β-unsaturated/α-hetero) is 1. The molecule has 36 heavy (non-hydrogen) atoms. The van der Waals surface area contributed by atoms with E-state index >= 15 is 0 Å². The monoisotopic (exact) mass is 516 g/mol. The normalized spacial score (nSPS) is 14.7. The summed E-state index contributed by atoms with van der Waals surface area (Å²) in [5.41, 5.74) is 2.27. The minimum Gasteiger partial charge on any atom is -0.492 e. The summed E-state index contributed by atoms with van der Waals surface area (Å²) >= 11 is 6.78. The summed E-state index contributed by atoms with van der Waals surface area (Å²) in [6.45, 7) is 0.748. The predicted molar refractivity (Wildman–Crippen MR) is 142 cm³/mol. The van der Waals surface area contributed by atoms with Gasteiger partial charge in [0.2, 0.25) is 0 Å². The number of benzene rings is 3. The number of fused-ring (bicyclic) bond motifs is 1. The lowest BCUT2D eigenvalue weighted by molar-refractivity contribution is -0.122. The van der Waals surface area contributed by atoms with Gasteiger partial charge >= 0.3 is 0 Å². The number of hydrogen-bond donors (Lipinski definition) is 0. The molecule has 0 N–H and O–H groups in total. The number of ether oxygens (including phenoxy) is 1. The molecular weight excluding hydrogens is 496 g/mol. The van der Waals surface area contributed by atoms with Crippen molar-refractivity contribution in [3.8, 4) is 5.75 Å². The molecule has 6 nitrogen and oxygen atoms in total. The molecule has 2 amide bonds. The summed E-state index contributed by atoms with van der Waals surface area (Å²) < 4.78 is 7.89.